The summed E-state index contributed by atoms with van der Waals surface area (Å²) in [7, 11) is 4.71. The molecule has 0 saturated heterocycles. The molecule has 3 aromatic carbocycles. The zero-order chi connectivity index (χ0) is 21.5. The van der Waals surface area contributed by atoms with Crippen LogP contribution >= 0.6 is 0 Å². The monoisotopic (exact) mass is 407 g/mol. The molecule has 6 nitrogen and oxygen atoms in total. The molecule has 0 aliphatic rings. The fraction of sp³-hybridized carbons (Fsp3) is 0.208. The van der Waals surface area contributed by atoms with Crippen molar-refractivity contribution < 1.29 is 23.7 Å². The standard InChI is InChI=1S/C24H25NO5/c1-16-7-5-6-8-21(16)30-15-18-13-17(9-11-22(18)28-3)24(26)25-20-14-19(27-2)10-12-23(20)29-4/h5-14H,15H2,1-4H3,(H,25,26). The molecule has 0 spiro atoms. The Balaban J connectivity index is 1.82. The lowest BCUT2D eigenvalue weighted by molar-refractivity contribution is 0.102. The number of carbonyl (C=O) groups is 1. The maximum atomic E-state index is 12.9. The lowest BCUT2D eigenvalue weighted by atomic mass is 10.1. The van der Waals surface area contributed by atoms with Crippen LogP contribution in [0.5, 0.6) is 23.0 Å². The predicted octanol–water partition coefficient (Wildman–Crippen LogP) is 4.85. The lowest BCUT2D eigenvalue weighted by Gasteiger charge is -2.14. The number of hydrogen-bond acceptors (Lipinski definition) is 5. The molecule has 0 bridgehead atoms. The van der Waals surface area contributed by atoms with E-state index in [1.54, 1.807) is 57.7 Å². The van der Waals surface area contributed by atoms with Gasteiger partial charge in [0.25, 0.3) is 5.91 Å². The summed E-state index contributed by atoms with van der Waals surface area (Å²) in [6, 6.07) is 18.2. The average Bonchev–Trinajstić information content (AvgIpc) is 2.78. The molecular formula is C24H25NO5. The van der Waals surface area contributed by atoms with Crippen molar-refractivity contribution in [2.45, 2.75) is 13.5 Å². The fourth-order valence-electron chi connectivity index (χ4n) is 3.01. The summed E-state index contributed by atoms with van der Waals surface area (Å²) in [5.74, 6) is 2.32. The van der Waals surface area contributed by atoms with E-state index in [2.05, 4.69) is 5.32 Å². The van der Waals surface area contributed by atoms with Crippen molar-refractivity contribution in [3.8, 4) is 23.0 Å². The lowest BCUT2D eigenvalue weighted by Crippen LogP contribution is -2.13. The largest absolute Gasteiger partial charge is 0.497 e. The van der Waals surface area contributed by atoms with Gasteiger partial charge < -0.3 is 24.3 Å². The molecule has 0 heterocycles. The van der Waals surface area contributed by atoms with Gasteiger partial charge in [-0.3, -0.25) is 4.79 Å². The van der Waals surface area contributed by atoms with Crippen LogP contribution in [0.25, 0.3) is 0 Å². The molecule has 0 radical (unpaired) electrons. The Bertz CT molecular complexity index is 1030. The number of amides is 1. The van der Waals surface area contributed by atoms with Crippen molar-refractivity contribution in [3.63, 3.8) is 0 Å². The van der Waals surface area contributed by atoms with Gasteiger partial charge in [0.15, 0.2) is 0 Å². The normalized spacial score (nSPS) is 10.3. The number of aryl methyl sites for hydroxylation is 1. The third-order valence-corrected chi connectivity index (χ3v) is 4.67. The Kier molecular flexibility index (Phi) is 6.80. The minimum atomic E-state index is -0.277. The van der Waals surface area contributed by atoms with Crippen molar-refractivity contribution in [1.29, 1.82) is 0 Å². The molecule has 0 aromatic heterocycles. The van der Waals surface area contributed by atoms with E-state index < -0.39 is 0 Å². The van der Waals surface area contributed by atoms with Crippen molar-refractivity contribution >= 4 is 11.6 Å². The molecule has 0 aliphatic heterocycles. The van der Waals surface area contributed by atoms with Gasteiger partial charge in [-0.15, -0.1) is 0 Å². The Morgan fingerprint density at radius 1 is 0.833 bits per heavy atom. The van der Waals surface area contributed by atoms with Gasteiger partial charge >= 0.3 is 0 Å². The molecule has 0 aliphatic carbocycles. The molecule has 0 saturated carbocycles. The second kappa shape index (κ2) is 9.69. The van der Waals surface area contributed by atoms with Gasteiger partial charge in [-0.25, -0.2) is 0 Å². The molecule has 0 unspecified atom stereocenters. The number of hydrogen-bond donors (Lipinski definition) is 1. The Morgan fingerprint density at radius 2 is 1.57 bits per heavy atom. The Labute approximate surface area is 176 Å². The zero-order valence-corrected chi connectivity index (χ0v) is 17.5. The summed E-state index contributed by atoms with van der Waals surface area (Å²) in [6.45, 7) is 2.26. The number of nitrogens with one attached hydrogen (secondary N) is 1. The fourth-order valence-corrected chi connectivity index (χ4v) is 3.01. The van der Waals surface area contributed by atoms with Gasteiger partial charge in [-0.05, 0) is 48.9 Å². The van der Waals surface area contributed by atoms with Crippen LogP contribution in [-0.2, 0) is 6.61 Å². The Morgan fingerprint density at radius 3 is 2.27 bits per heavy atom. The molecule has 0 fully saturated rings. The van der Waals surface area contributed by atoms with Crippen molar-refractivity contribution in [2.24, 2.45) is 0 Å². The van der Waals surface area contributed by atoms with Crippen LogP contribution in [0.1, 0.15) is 21.5 Å². The zero-order valence-electron chi connectivity index (χ0n) is 17.5. The van der Waals surface area contributed by atoms with Crippen LogP contribution in [0.2, 0.25) is 0 Å². The first-order valence-electron chi connectivity index (χ1n) is 9.44. The summed E-state index contributed by atoms with van der Waals surface area (Å²) in [4.78, 5) is 12.9. The molecule has 0 atom stereocenters. The number of rotatable bonds is 8. The van der Waals surface area contributed by atoms with Crippen molar-refractivity contribution in [3.05, 3.63) is 77.4 Å². The third kappa shape index (κ3) is 4.84. The van der Waals surface area contributed by atoms with Gasteiger partial charge in [-0.1, -0.05) is 18.2 Å². The van der Waals surface area contributed by atoms with Crippen LogP contribution in [0.3, 0.4) is 0 Å². The number of para-hydroxylation sites is 1. The van der Waals surface area contributed by atoms with Crippen LogP contribution < -0.4 is 24.3 Å². The van der Waals surface area contributed by atoms with Crippen LogP contribution in [0, 0.1) is 6.92 Å². The van der Waals surface area contributed by atoms with E-state index in [1.165, 1.54) is 0 Å². The van der Waals surface area contributed by atoms with E-state index in [1.807, 2.05) is 31.2 Å². The van der Waals surface area contributed by atoms with Crippen molar-refractivity contribution in [2.75, 3.05) is 26.6 Å². The number of ether oxygens (including phenoxy) is 4. The van der Waals surface area contributed by atoms with Gasteiger partial charge in [0.1, 0.15) is 29.6 Å². The number of benzene rings is 3. The number of carbonyl (C=O) groups excluding carboxylic acids is 1. The predicted molar refractivity (Wildman–Crippen MR) is 116 cm³/mol. The van der Waals surface area contributed by atoms with E-state index >= 15 is 0 Å². The molecular weight excluding hydrogens is 382 g/mol. The smallest absolute Gasteiger partial charge is 0.255 e. The van der Waals surface area contributed by atoms with E-state index in [-0.39, 0.29) is 12.5 Å². The third-order valence-electron chi connectivity index (χ3n) is 4.67. The first kappa shape index (κ1) is 21.0. The van der Waals surface area contributed by atoms with Crippen molar-refractivity contribution in [1.82, 2.24) is 0 Å². The number of anilines is 1. The highest BCUT2D eigenvalue weighted by Gasteiger charge is 2.14. The maximum Gasteiger partial charge on any atom is 0.255 e. The average molecular weight is 407 g/mol. The van der Waals surface area contributed by atoms with Crippen LogP contribution in [0.4, 0.5) is 5.69 Å². The Hall–Kier alpha value is -3.67. The second-order valence-electron chi connectivity index (χ2n) is 6.60. The summed E-state index contributed by atoms with van der Waals surface area (Å²) < 4.78 is 21.9. The summed E-state index contributed by atoms with van der Waals surface area (Å²) in [5.41, 5.74) is 2.81. The summed E-state index contributed by atoms with van der Waals surface area (Å²) in [6.07, 6.45) is 0. The maximum absolute atomic E-state index is 12.9. The molecule has 1 amide bonds. The highest BCUT2D eigenvalue weighted by atomic mass is 16.5. The van der Waals surface area contributed by atoms with Crippen LogP contribution in [-0.4, -0.2) is 27.2 Å². The second-order valence-corrected chi connectivity index (χ2v) is 6.60. The highest BCUT2D eigenvalue weighted by molar-refractivity contribution is 6.05. The minimum absolute atomic E-state index is 0.275. The van der Waals surface area contributed by atoms with Crippen LogP contribution in [0.15, 0.2) is 60.7 Å². The van der Waals surface area contributed by atoms with Gasteiger partial charge in [-0.2, -0.15) is 0 Å². The molecule has 6 heteroatoms. The highest BCUT2D eigenvalue weighted by Crippen LogP contribution is 2.30. The SMILES string of the molecule is COc1ccc(OC)c(NC(=O)c2ccc(OC)c(COc3ccccc3C)c2)c1. The topological polar surface area (TPSA) is 66.0 Å². The number of methoxy groups -OCH3 is 3. The van der Waals surface area contributed by atoms with Gasteiger partial charge in [0.2, 0.25) is 0 Å². The minimum Gasteiger partial charge on any atom is -0.497 e. The van der Waals surface area contributed by atoms with E-state index in [0.717, 1.165) is 16.9 Å². The molecule has 156 valence electrons. The van der Waals surface area contributed by atoms with Gasteiger partial charge in [0.05, 0.1) is 27.0 Å². The van der Waals surface area contributed by atoms with E-state index in [0.29, 0.717) is 28.5 Å². The molecule has 3 aromatic rings. The molecule has 3 rings (SSSR count). The first-order valence-corrected chi connectivity index (χ1v) is 9.44. The van der Waals surface area contributed by atoms with Gasteiger partial charge in [0, 0.05) is 17.2 Å². The summed E-state index contributed by atoms with van der Waals surface area (Å²) in [5, 5.41) is 2.87. The molecule has 1 N–H and O–H groups in total. The quantitative estimate of drug-likeness (QED) is 0.578. The van der Waals surface area contributed by atoms with E-state index in [4.69, 9.17) is 18.9 Å². The van der Waals surface area contributed by atoms with E-state index in [9.17, 15) is 4.79 Å². The summed E-state index contributed by atoms with van der Waals surface area (Å²) >= 11 is 0. The first-order chi connectivity index (χ1) is 14.5. The molecule has 30 heavy (non-hydrogen) atoms.